The molecule has 6 nitrogen and oxygen atoms in total. The molecule has 1 saturated heterocycles. The van der Waals surface area contributed by atoms with Crippen LogP contribution in [0.5, 0.6) is 0 Å². The Kier molecular flexibility index (Phi) is 6.35. The number of hydrogen-bond donors (Lipinski definition) is 1. The Morgan fingerprint density at radius 1 is 0.824 bits per heavy atom. The summed E-state index contributed by atoms with van der Waals surface area (Å²) in [5.74, 6) is -0.0837. The van der Waals surface area contributed by atoms with E-state index < -0.39 is 0 Å². The largest absolute Gasteiger partial charge is 0.368 e. The number of hydrogen-bond acceptors (Lipinski definition) is 5. The number of carbonyl (C=O) groups excluding carboxylic acids is 2. The minimum atomic E-state index is -0.194. The molecule has 2 amide bonds. The normalized spacial score (nSPS) is 13.5. The van der Waals surface area contributed by atoms with Crippen molar-refractivity contribution in [2.45, 2.75) is 0 Å². The van der Waals surface area contributed by atoms with Gasteiger partial charge in [0.1, 0.15) is 0 Å². The van der Waals surface area contributed by atoms with E-state index in [-0.39, 0.29) is 11.8 Å². The van der Waals surface area contributed by atoms with E-state index in [1.807, 2.05) is 83.1 Å². The number of thiophene rings is 1. The van der Waals surface area contributed by atoms with Crippen LogP contribution in [0.1, 0.15) is 20.0 Å². The molecule has 1 aliphatic heterocycles. The molecule has 1 fully saturated rings. The molecule has 170 valence electrons. The number of pyridine rings is 1. The summed E-state index contributed by atoms with van der Waals surface area (Å²) in [5.41, 5.74) is 4.17. The second-order valence-corrected chi connectivity index (χ2v) is 9.00. The molecule has 34 heavy (non-hydrogen) atoms. The van der Waals surface area contributed by atoms with Gasteiger partial charge in [-0.3, -0.25) is 14.6 Å². The molecular formula is C27H24N4O2S. The summed E-state index contributed by atoms with van der Waals surface area (Å²) in [5, 5.41) is 4.87. The summed E-state index contributed by atoms with van der Waals surface area (Å²) in [6.07, 6.45) is 1.60. The first-order valence-corrected chi connectivity index (χ1v) is 12.1. The van der Waals surface area contributed by atoms with Crippen LogP contribution in [0.3, 0.4) is 0 Å². The predicted octanol–water partition coefficient (Wildman–Crippen LogP) is 5.02. The van der Waals surface area contributed by atoms with Crippen molar-refractivity contribution in [2.75, 3.05) is 36.4 Å². The van der Waals surface area contributed by atoms with Crippen molar-refractivity contribution < 1.29 is 9.59 Å². The monoisotopic (exact) mass is 468 g/mol. The van der Waals surface area contributed by atoms with Gasteiger partial charge in [0, 0.05) is 49.3 Å². The van der Waals surface area contributed by atoms with E-state index in [1.165, 1.54) is 11.3 Å². The maximum Gasteiger partial charge on any atom is 0.264 e. The molecule has 5 rings (SSSR count). The molecule has 0 unspecified atom stereocenters. The van der Waals surface area contributed by atoms with E-state index in [4.69, 9.17) is 0 Å². The van der Waals surface area contributed by atoms with E-state index in [2.05, 4.69) is 15.2 Å². The van der Waals surface area contributed by atoms with Gasteiger partial charge in [-0.2, -0.15) is 0 Å². The van der Waals surface area contributed by atoms with Crippen LogP contribution in [-0.4, -0.2) is 47.9 Å². The molecule has 7 heteroatoms. The molecule has 0 saturated carbocycles. The van der Waals surface area contributed by atoms with E-state index in [9.17, 15) is 9.59 Å². The van der Waals surface area contributed by atoms with Crippen molar-refractivity contribution >= 4 is 34.5 Å². The zero-order valence-electron chi connectivity index (χ0n) is 18.6. The fourth-order valence-electron chi connectivity index (χ4n) is 3.99. The fourth-order valence-corrected chi connectivity index (χ4v) is 4.68. The summed E-state index contributed by atoms with van der Waals surface area (Å²) in [4.78, 5) is 34.6. The molecule has 1 N–H and O–H groups in total. The summed E-state index contributed by atoms with van der Waals surface area (Å²) in [6.45, 7) is 2.95. The van der Waals surface area contributed by atoms with Gasteiger partial charge in [-0.05, 0) is 47.8 Å². The maximum atomic E-state index is 12.6. The predicted molar refractivity (Wildman–Crippen MR) is 137 cm³/mol. The summed E-state index contributed by atoms with van der Waals surface area (Å²) < 4.78 is 0. The smallest absolute Gasteiger partial charge is 0.264 e. The number of aromatic nitrogens is 1. The topological polar surface area (TPSA) is 65.5 Å². The molecule has 0 atom stereocenters. The second kappa shape index (κ2) is 9.89. The quantitative estimate of drug-likeness (QED) is 0.446. The minimum absolute atomic E-state index is 0.110. The summed E-state index contributed by atoms with van der Waals surface area (Å²) in [6, 6.07) is 25.1. The van der Waals surface area contributed by atoms with Crippen LogP contribution in [0.15, 0.2) is 90.4 Å². The van der Waals surface area contributed by atoms with Crippen molar-refractivity contribution in [2.24, 2.45) is 0 Å². The third-order valence-corrected chi connectivity index (χ3v) is 6.74. The highest BCUT2D eigenvalue weighted by Crippen LogP contribution is 2.22. The lowest BCUT2D eigenvalue weighted by Crippen LogP contribution is -2.48. The highest BCUT2D eigenvalue weighted by Gasteiger charge is 2.22. The van der Waals surface area contributed by atoms with Crippen LogP contribution in [0.25, 0.3) is 11.3 Å². The summed E-state index contributed by atoms with van der Waals surface area (Å²) >= 11 is 1.48. The van der Waals surface area contributed by atoms with Gasteiger partial charge in [0.15, 0.2) is 0 Å². The van der Waals surface area contributed by atoms with E-state index >= 15 is 0 Å². The highest BCUT2D eigenvalue weighted by atomic mass is 32.1. The number of nitrogens with zero attached hydrogens (tertiary/aromatic N) is 3. The van der Waals surface area contributed by atoms with Gasteiger partial charge in [0.2, 0.25) is 0 Å². The average Bonchev–Trinajstić information content (AvgIpc) is 3.45. The van der Waals surface area contributed by atoms with Crippen LogP contribution in [-0.2, 0) is 0 Å². The number of rotatable bonds is 5. The second-order valence-electron chi connectivity index (χ2n) is 8.06. The number of benzene rings is 2. The van der Waals surface area contributed by atoms with Crippen LogP contribution in [0.2, 0.25) is 0 Å². The minimum Gasteiger partial charge on any atom is -0.368 e. The van der Waals surface area contributed by atoms with E-state index in [1.54, 1.807) is 12.3 Å². The van der Waals surface area contributed by atoms with Crippen LogP contribution < -0.4 is 10.2 Å². The first-order valence-electron chi connectivity index (χ1n) is 11.2. The zero-order valence-corrected chi connectivity index (χ0v) is 19.4. The Balaban J connectivity index is 1.16. The van der Waals surface area contributed by atoms with Crippen molar-refractivity contribution in [1.82, 2.24) is 9.88 Å². The molecule has 0 spiro atoms. The van der Waals surface area contributed by atoms with Crippen molar-refractivity contribution in [3.05, 3.63) is 101 Å². The van der Waals surface area contributed by atoms with Gasteiger partial charge in [0.05, 0.1) is 16.1 Å². The lowest BCUT2D eigenvalue weighted by atomic mass is 10.1. The SMILES string of the molecule is O=C(Nc1ccc(N2CCN(C(=O)c3cccs3)CC2)cc1)c1ccc(-c2ccccc2)nc1. The number of nitrogens with one attached hydrogen (secondary N) is 1. The number of piperazine rings is 1. The van der Waals surface area contributed by atoms with Gasteiger partial charge < -0.3 is 15.1 Å². The molecule has 2 aromatic carbocycles. The Morgan fingerprint density at radius 2 is 1.59 bits per heavy atom. The molecular weight excluding hydrogens is 444 g/mol. The third-order valence-electron chi connectivity index (χ3n) is 5.88. The van der Waals surface area contributed by atoms with Crippen LogP contribution in [0.4, 0.5) is 11.4 Å². The van der Waals surface area contributed by atoms with Crippen molar-refractivity contribution in [3.63, 3.8) is 0 Å². The lowest BCUT2D eigenvalue weighted by Gasteiger charge is -2.36. The molecule has 3 heterocycles. The van der Waals surface area contributed by atoms with E-state index in [0.717, 1.165) is 40.6 Å². The molecule has 1 aliphatic rings. The van der Waals surface area contributed by atoms with Gasteiger partial charge >= 0.3 is 0 Å². The van der Waals surface area contributed by atoms with Crippen molar-refractivity contribution in [1.29, 1.82) is 0 Å². The first-order chi connectivity index (χ1) is 16.7. The Bertz CT molecular complexity index is 1250. The van der Waals surface area contributed by atoms with Gasteiger partial charge in [-0.15, -0.1) is 11.3 Å². The molecule has 0 bridgehead atoms. The molecule has 0 aliphatic carbocycles. The number of carbonyl (C=O) groups is 2. The Hall–Kier alpha value is -3.97. The Labute approximate surface area is 202 Å². The fraction of sp³-hybridized carbons (Fsp3) is 0.148. The number of anilines is 2. The molecule has 4 aromatic rings. The van der Waals surface area contributed by atoms with Crippen LogP contribution >= 0.6 is 11.3 Å². The Morgan fingerprint density at radius 3 is 2.24 bits per heavy atom. The van der Waals surface area contributed by atoms with Gasteiger partial charge in [-0.1, -0.05) is 36.4 Å². The standard InChI is InChI=1S/C27H24N4O2S/c32-26(21-8-13-24(28-19-21)20-5-2-1-3-6-20)29-22-9-11-23(12-10-22)30-14-16-31(17-15-30)27(33)25-7-4-18-34-25/h1-13,18-19H,14-17H2,(H,29,32). The zero-order chi connectivity index (χ0) is 23.3. The van der Waals surface area contributed by atoms with Gasteiger partial charge in [-0.25, -0.2) is 0 Å². The first kappa shape index (κ1) is 21.9. The average molecular weight is 469 g/mol. The third kappa shape index (κ3) is 4.84. The van der Waals surface area contributed by atoms with Crippen LogP contribution in [0, 0.1) is 0 Å². The molecule has 0 radical (unpaired) electrons. The highest BCUT2D eigenvalue weighted by molar-refractivity contribution is 7.12. The van der Waals surface area contributed by atoms with Crippen molar-refractivity contribution in [3.8, 4) is 11.3 Å². The lowest BCUT2D eigenvalue weighted by molar-refractivity contribution is 0.0751. The summed E-state index contributed by atoms with van der Waals surface area (Å²) in [7, 11) is 0. The molecule has 2 aromatic heterocycles. The number of amides is 2. The van der Waals surface area contributed by atoms with Gasteiger partial charge in [0.25, 0.3) is 11.8 Å². The maximum absolute atomic E-state index is 12.6. The van der Waals surface area contributed by atoms with E-state index in [0.29, 0.717) is 18.7 Å².